The molecule has 2 aromatic carbocycles. The lowest BCUT2D eigenvalue weighted by atomic mass is 9.99. The van der Waals surface area contributed by atoms with Crippen LogP contribution in [0, 0.1) is 5.92 Å². The molecule has 8 heteroatoms. The Morgan fingerprint density at radius 2 is 1.64 bits per heavy atom. The number of hydrogen-bond acceptors (Lipinski definition) is 7. The van der Waals surface area contributed by atoms with Crippen LogP contribution in [0.5, 0.6) is 11.5 Å². The number of ether oxygens (including phenoxy) is 1. The highest BCUT2D eigenvalue weighted by Gasteiger charge is 2.28. The molecule has 8 nitrogen and oxygen atoms in total. The molecule has 2 fully saturated rings. The molecule has 6 rings (SSSR count). The number of anilines is 1. The van der Waals surface area contributed by atoms with E-state index in [2.05, 4.69) is 24.9 Å². The molecule has 0 aliphatic carbocycles. The third-order valence-electron chi connectivity index (χ3n) is 6.91. The van der Waals surface area contributed by atoms with Crippen LogP contribution in [0.15, 0.2) is 60.9 Å². The van der Waals surface area contributed by atoms with Gasteiger partial charge in [-0.15, -0.1) is 0 Å². The van der Waals surface area contributed by atoms with E-state index in [4.69, 9.17) is 15.6 Å². The van der Waals surface area contributed by atoms with Gasteiger partial charge < -0.3 is 20.7 Å². The number of nitrogens with two attached hydrogens (primary N) is 1. The van der Waals surface area contributed by atoms with Crippen LogP contribution in [-0.4, -0.2) is 57.4 Å². The molecule has 0 saturated carbocycles. The molecule has 4 aromatic rings. The van der Waals surface area contributed by atoms with Gasteiger partial charge in [0.15, 0.2) is 5.65 Å². The zero-order chi connectivity index (χ0) is 24.9. The van der Waals surface area contributed by atoms with E-state index in [1.54, 1.807) is 0 Å². The van der Waals surface area contributed by atoms with Crippen LogP contribution in [0.3, 0.4) is 0 Å². The number of aromatic nitrogens is 4. The second kappa shape index (κ2) is 11.1. The smallest absolute Gasteiger partial charge is 0.164 e. The van der Waals surface area contributed by atoms with Gasteiger partial charge in [-0.25, -0.2) is 14.6 Å². The number of nitrogens with one attached hydrogen (secondary N) is 1. The zero-order valence-electron chi connectivity index (χ0n) is 21.1. The number of nitrogens with zero attached hydrogens (tertiary/aromatic N) is 5. The van der Waals surface area contributed by atoms with Gasteiger partial charge in [0.2, 0.25) is 0 Å². The van der Waals surface area contributed by atoms with Crippen LogP contribution >= 0.6 is 0 Å². The average Bonchev–Trinajstić information content (AvgIpc) is 3.30. The lowest BCUT2D eigenvalue weighted by Gasteiger charge is -2.37. The van der Waals surface area contributed by atoms with Gasteiger partial charge in [0.1, 0.15) is 29.3 Å². The lowest BCUT2D eigenvalue weighted by molar-refractivity contribution is 0.140. The van der Waals surface area contributed by atoms with Crippen molar-refractivity contribution in [3.05, 3.63) is 60.9 Å². The first-order chi connectivity index (χ1) is 17.7. The Labute approximate surface area is 212 Å². The van der Waals surface area contributed by atoms with Gasteiger partial charge >= 0.3 is 0 Å². The van der Waals surface area contributed by atoms with E-state index in [-0.39, 0.29) is 0 Å². The number of benzene rings is 2. The second-order valence-corrected chi connectivity index (χ2v) is 9.25. The van der Waals surface area contributed by atoms with E-state index in [0.29, 0.717) is 11.9 Å². The summed E-state index contributed by atoms with van der Waals surface area (Å²) in [6.45, 7) is 9.67. The summed E-state index contributed by atoms with van der Waals surface area (Å²) in [5, 5.41) is 9.23. The van der Waals surface area contributed by atoms with Crippen LogP contribution in [0.2, 0.25) is 0 Å². The molecule has 2 saturated heterocycles. The molecular weight excluding hydrogens is 450 g/mol. The first-order valence-corrected chi connectivity index (χ1v) is 13.0. The van der Waals surface area contributed by atoms with Crippen molar-refractivity contribution in [2.45, 2.75) is 32.7 Å². The number of likely N-dealkylation sites (tertiary alicyclic amines) is 1. The summed E-state index contributed by atoms with van der Waals surface area (Å²) in [6, 6.07) is 18.0. The predicted octanol–water partition coefficient (Wildman–Crippen LogP) is 4.75. The van der Waals surface area contributed by atoms with Crippen molar-refractivity contribution in [3.63, 3.8) is 0 Å². The van der Waals surface area contributed by atoms with E-state index < -0.39 is 0 Å². The molecule has 3 N–H and O–H groups in total. The van der Waals surface area contributed by atoms with Crippen molar-refractivity contribution in [1.82, 2.24) is 30.0 Å². The fraction of sp³-hybridized carbons (Fsp3) is 0.393. The number of hydrogen-bond donors (Lipinski definition) is 2. The van der Waals surface area contributed by atoms with Crippen LogP contribution < -0.4 is 15.8 Å². The Kier molecular flexibility index (Phi) is 7.44. The predicted molar refractivity (Wildman–Crippen MR) is 144 cm³/mol. The Morgan fingerprint density at radius 1 is 0.944 bits per heavy atom. The standard InChI is InChI=1S/C26H29N7O.C2H6/c27-25-23-24(19-6-8-22(9-7-19)34-21-4-2-1-3-5-21)31-33(26(23)30-17-29-25)20-10-12-32(13-11-20)16-18-14-28-15-18;1-2/h1-9,17-18,20,28H,10-16H2,(H2,27,29,30);1-2H3. The number of para-hydroxylation sites is 1. The van der Waals surface area contributed by atoms with Gasteiger partial charge in [-0.05, 0) is 55.2 Å². The van der Waals surface area contributed by atoms with E-state index >= 15 is 0 Å². The number of nitrogen functional groups attached to an aromatic ring is 1. The van der Waals surface area contributed by atoms with Gasteiger partial charge in [-0.1, -0.05) is 32.0 Å². The molecule has 0 amide bonds. The lowest BCUT2D eigenvalue weighted by Crippen LogP contribution is -2.49. The first kappa shape index (κ1) is 24.2. The molecule has 36 heavy (non-hydrogen) atoms. The monoisotopic (exact) mass is 485 g/mol. The molecular formula is C28H35N7O. The van der Waals surface area contributed by atoms with Gasteiger partial charge in [-0.2, -0.15) is 5.10 Å². The molecule has 4 heterocycles. The highest BCUT2D eigenvalue weighted by molar-refractivity contribution is 5.98. The molecule has 0 atom stereocenters. The van der Waals surface area contributed by atoms with Crippen molar-refractivity contribution in [3.8, 4) is 22.8 Å². The van der Waals surface area contributed by atoms with Crippen LogP contribution in [0.25, 0.3) is 22.3 Å². The highest BCUT2D eigenvalue weighted by Crippen LogP contribution is 2.35. The normalized spacial score (nSPS) is 16.8. The fourth-order valence-electron chi connectivity index (χ4n) is 4.95. The molecule has 2 aliphatic rings. The van der Waals surface area contributed by atoms with Crippen LogP contribution in [-0.2, 0) is 0 Å². The molecule has 188 valence electrons. The van der Waals surface area contributed by atoms with Gasteiger partial charge in [0.25, 0.3) is 0 Å². The maximum atomic E-state index is 6.32. The van der Waals surface area contributed by atoms with Gasteiger partial charge in [0, 0.05) is 38.3 Å². The average molecular weight is 486 g/mol. The molecule has 2 aromatic heterocycles. The zero-order valence-corrected chi connectivity index (χ0v) is 21.1. The van der Waals surface area contributed by atoms with Crippen molar-refractivity contribution in [2.75, 3.05) is 38.5 Å². The highest BCUT2D eigenvalue weighted by atomic mass is 16.5. The van der Waals surface area contributed by atoms with E-state index in [1.165, 1.54) is 12.9 Å². The Hall–Kier alpha value is -3.49. The molecule has 0 spiro atoms. The maximum Gasteiger partial charge on any atom is 0.164 e. The van der Waals surface area contributed by atoms with E-state index in [1.807, 2.05) is 68.4 Å². The summed E-state index contributed by atoms with van der Waals surface area (Å²) < 4.78 is 8.03. The maximum absolute atomic E-state index is 6.32. The van der Waals surface area contributed by atoms with Crippen molar-refractivity contribution in [1.29, 1.82) is 0 Å². The summed E-state index contributed by atoms with van der Waals surface area (Å²) in [4.78, 5) is 11.4. The van der Waals surface area contributed by atoms with Crippen molar-refractivity contribution >= 4 is 16.9 Å². The first-order valence-electron chi connectivity index (χ1n) is 13.0. The molecule has 0 radical (unpaired) electrons. The quantitative estimate of drug-likeness (QED) is 0.407. The van der Waals surface area contributed by atoms with Crippen molar-refractivity contribution < 1.29 is 4.74 Å². The largest absolute Gasteiger partial charge is 0.457 e. The Bertz CT molecular complexity index is 1260. The summed E-state index contributed by atoms with van der Waals surface area (Å²) >= 11 is 0. The van der Waals surface area contributed by atoms with E-state index in [9.17, 15) is 0 Å². The summed E-state index contributed by atoms with van der Waals surface area (Å²) in [5.74, 6) is 2.85. The number of rotatable bonds is 6. The van der Waals surface area contributed by atoms with Gasteiger partial charge in [0.05, 0.1) is 11.4 Å². The van der Waals surface area contributed by atoms with Gasteiger partial charge in [-0.3, -0.25) is 0 Å². The summed E-state index contributed by atoms with van der Waals surface area (Å²) in [5.41, 5.74) is 8.93. The minimum atomic E-state index is 0.307. The Balaban J connectivity index is 0.00000130. The number of fused-ring (bicyclic) bond motifs is 1. The van der Waals surface area contributed by atoms with Crippen LogP contribution in [0.4, 0.5) is 5.82 Å². The third-order valence-corrected chi connectivity index (χ3v) is 6.91. The molecule has 0 unspecified atom stereocenters. The number of piperidine rings is 1. The van der Waals surface area contributed by atoms with Crippen molar-refractivity contribution in [2.24, 2.45) is 5.92 Å². The fourth-order valence-corrected chi connectivity index (χ4v) is 4.95. The Morgan fingerprint density at radius 3 is 2.31 bits per heavy atom. The SMILES string of the molecule is CC.Nc1ncnc2c1c(-c1ccc(Oc3ccccc3)cc1)nn2C1CCN(CC2CNC2)CC1. The summed E-state index contributed by atoms with van der Waals surface area (Å²) in [6.07, 6.45) is 3.66. The minimum Gasteiger partial charge on any atom is -0.457 e. The minimum absolute atomic E-state index is 0.307. The second-order valence-electron chi connectivity index (χ2n) is 9.25. The topological polar surface area (TPSA) is 94.1 Å². The third kappa shape index (κ3) is 5.05. The summed E-state index contributed by atoms with van der Waals surface area (Å²) in [7, 11) is 0. The van der Waals surface area contributed by atoms with Crippen LogP contribution in [0.1, 0.15) is 32.7 Å². The van der Waals surface area contributed by atoms with E-state index in [0.717, 1.165) is 78.7 Å². The molecule has 0 bridgehead atoms. The molecule has 2 aliphatic heterocycles.